The molecule has 3 rings (SSSR count). The van der Waals surface area contributed by atoms with E-state index < -0.39 is 22.5 Å². The van der Waals surface area contributed by atoms with E-state index in [1.165, 1.54) is 13.0 Å². The van der Waals surface area contributed by atoms with Crippen molar-refractivity contribution in [3.8, 4) is 0 Å². The lowest BCUT2D eigenvalue weighted by Crippen LogP contribution is -2.37. The zero-order valence-electron chi connectivity index (χ0n) is 15.5. The maximum absolute atomic E-state index is 12.6. The second-order valence-electron chi connectivity index (χ2n) is 6.45. The number of fused-ring (bicyclic) bond motifs is 1. The molecule has 7 heteroatoms. The van der Waals surface area contributed by atoms with Crippen LogP contribution >= 0.6 is 0 Å². The predicted molar refractivity (Wildman–Crippen MR) is 111 cm³/mol. The van der Waals surface area contributed by atoms with E-state index in [-0.39, 0.29) is 11.5 Å². The molecule has 0 aliphatic carbocycles. The molecule has 0 bridgehead atoms. The molecular weight excluding hydrogens is 376 g/mol. The first-order valence-electron chi connectivity index (χ1n) is 8.62. The van der Waals surface area contributed by atoms with Crippen LogP contribution in [0.1, 0.15) is 17.3 Å². The van der Waals surface area contributed by atoms with Crippen molar-refractivity contribution >= 4 is 43.9 Å². The molecule has 28 heavy (non-hydrogen) atoms. The van der Waals surface area contributed by atoms with Gasteiger partial charge in [-0.1, -0.05) is 48.5 Å². The molecule has 0 aliphatic heterocycles. The normalized spacial score (nSPS) is 11.2. The van der Waals surface area contributed by atoms with Gasteiger partial charge < -0.3 is 5.32 Å². The van der Waals surface area contributed by atoms with Gasteiger partial charge in [0.2, 0.25) is 15.9 Å². The van der Waals surface area contributed by atoms with Gasteiger partial charge in [-0.15, -0.1) is 0 Å². The van der Waals surface area contributed by atoms with Gasteiger partial charge in [0.05, 0.1) is 11.9 Å². The fraction of sp³-hybridized carbons (Fsp3) is 0.143. The third-order valence-electron chi connectivity index (χ3n) is 4.29. The van der Waals surface area contributed by atoms with Crippen LogP contribution in [0, 0.1) is 0 Å². The fourth-order valence-electron chi connectivity index (χ4n) is 2.93. The number of anilines is 2. The van der Waals surface area contributed by atoms with Crippen molar-refractivity contribution in [2.75, 3.05) is 22.4 Å². The van der Waals surface area contributed by atoms with Crippen molar-refractivity contribution in [1.29, 1.82) is 0 Å². The van der Waals surface area contributed by atoms with E-state index in [1.54, 1.807) is 24.3 Å². The fourth-order valence-corrected chi connectivity index (χ4v) is 3.78. The molecule has 1 amide bonds. The van der Waals surface area contributed by atoms with Gasteiger partial charge in [-0.25, -0.2) is 8.42 Å². The Morgan fingerprint density at radius 2 is 1.64 bits per heavy atom. The molecule has 0 aliphatic rings. The Labute approximate surface area is 163 Å². The molecule has 0 aromatic heterocycles. The van der Waals surface area contributed by atoms with Crippen LogP contribution in [0.25, 0.3) is 10.8 Å². The summed E-state index contributed by atoms with van der Waals surface area (Å²) < 4.78 is 25.5. The van der Waals surface area contributed by atoms with E-state index in [2.05, 4.69) is 5.32 Å². The first-order valence-corrected chi connectivity index (χ1v) is 10.5. The Morgan fingerprint density at radius 1 is 0.964 bits per heavy atom. The summed E-state index contributed by atoms with van der Waals surface area (Å²) in [6.45, 7) is 1.00. The molecule has 0 heterocycles. The van der Waals surface area contributed by atoms with Crippen LogP contribution in [0.15, 0.2) is 66.7 Å². The monoisotopic (exact) mass is 396 g/mol. The standard InChI is InChI=1S/C21H20N2O4S/c1-15(24)17-9-5-10-18(13-17)23(28(2,26)27)14-21(25)22-20-12-6-8-16-7-3-4-11-19(16)20/h3-13H,14H2,1-2H3,(H,22,25). The maximum atomic E-state index is 12.6. The molecule has 0 saturated heterocycles. The van der Waals surface area contributed by atoms with E-state index in [0.717, 1.165) is 21.3 Å². The van der Waals surface area contributed by atoms with Gasteiger partial charge in [-0.3, -0.25) is 13.9 Å². The Hall–Kier alpha value is -3.19. The smallest absolute Gasteiger partial charge is 0.245 e. The summed E-state index contributed by atoms with van der Waals surface area (Å²) in [5.74, 6) is -0.662. The number of ketones is 1. The highest BCUT2D eigenvalue weighted by Gasteiger charge is 2.22. The summed E-state index contributed by atoms with van der Waals surface area (Å²) in [5.41, 5.74) is 1.25. The van der Waals surface area contributed by atoms with E-state index in [4.69, 9.17) is 0 Å². The average Bonchev–Trinajstić information content (AvgIpc) is 2.65. The van der Waals surface area contributed by atoms with E-state index in [0.29, 0.717) is 11.3 Å². The van der Waals surface area contributed by atoms with E-state index in [9.17, 15) is 18.0 Å². The topological polar surface area (TPSA) is 83.6 Å². The third kappa shape index (κ3) is 4.37. The van der Waals surface area contributed by atoms with E-state index in [1.807, 2.05) is 36.4 Å². The number of sulfonamides is 1. The minimum atomic E-state index is -3.73. The Morgan fingerprint density at radius 3 is 2.36 bits per heavy atom. The minimum Gasteiger partial charge on any atom is -0.324 e. The zero-order chi connectivity index (χ0) is 20.3. The summed E-state index contributed by atoms with van der Waals surface area (Å²) in [6, 6.07) is 19.3. The number of carbonyl (C=O) groups excluding carboxylic acids is 2. The number of carbonyl (C=O) groups is 2. The van der Waals surface area contributed by atoms with Gasteiger partial charge in [-0.2, -0.15) is 0 Å². The highest BCUT2D eigenvalue weighted by atomic mass is 32.2. The Balaban J connectivity index is 1.88. The van der Waals surface area contributed by atoms with Crippen LogP contribution in [0.2, 0.25) is 0 Å². The lowest BCUT2D eigenvalue weighted by molar-refractivity contribution is -0.114. The lowest BCUT2D eigenvalue weighted by atomic mass is 10.1. The van der Waals surface area contributed by atoms with Crippen LogP contribution < -0.4 is 9.62 Å². The molecular formula is C21H20N2O4S. The molecule has 3 aromatic rings. The number of hydrogen-bond donors (Lipinski definition) is 1. The summed E-state index contributed by atoms with van der Waals surface area (Å²) in [4.78, 5) is 24.2. The number of nitrogens with one attached hydrogen (secondary N) is 1. The first-order chi connectivity index (χ1) is 13.3. The van der Waals surface area contributed by atoms with Gasteiger partial charge in [0.1, 0.15) is 6.54 Å². The van der Waals surface area contributed by atoms with Gasteiger partial charge in [0.25, 0.3) is 0 Å². The van der Waals surface area contributed by atoms with Crippen molar-refractivity contribution in [3.05, 3.63) is 72.3 Å². The largest absolute Gasteiger partial charge is 0.324 e. The predicted octanol–water partition coefficient (Wildman–Crippen LogP) is 3.45. The number of Topliss-reactive ketones (excluding diaryl/α,β-unsaturated/α-hetero) is 1. The molecule has 0 fully saturated rings. The van der Waals surface area contributed by atoms with E-state index >= 15 is 0 Å². The molecule has 3 aromatic carbocycles. The molecule has 0 spiro atoms. The molecule has 1 N–H and O–H groups in total. The highest BCUT2D eigenvalue weighted by molar-refractivity contribution is 7.92. The summed E-state index contributed by atoms with van der Waals surface area (Å²) in [5, 5.41) is 4.61. The van der Waals surface area contributed by atoms with Crippen LogP contribution in [0.5, 0.6) is 0 Å². The Kier molecular flexibility index (Phi) is 5.46. The number of hydrogen-bond acceptors (Lipinski definition) is 4. The SMILES string of the molecule is CC(=O)c1cccc(N(CC(=O)Nc2cccc3ccccc23)S(C)(=O)=O)c1. The summed E-state index contributed by atoms with van der Waals surface area (Å²) in [7, 11) is -3.73. The summed E-state index contributed by atoms with van der Waals surface area (Å²) >= 11 is 0. The molecule has 0 radical (unpaired) electrons. The number of rotatable bonds is 6. The minimum absolute atomic E-state index is 0.185. The van der Waals surface area contributed by atoms with Crippen LogP contribution in [0.4, 0.5) is 11.4 Å². The molecule has 0 atom stereocenters. The third-order valence-corrected chi connectivity index (χ3v) is 5.43. The summed E-state index contributed by atoms with van der Waals surface area (Å²) in [6.07, 6.45) is 1.03. The van der Waals surface area contributed by atoms with Crippen molar-refractivity contribution in [2.45, 2.75) is 6.92 Å². The van der Waals surface area contributed by atoms with Gasteiger partial charge >= 0.3 is 0 Å². The number of amides is 1. The van der Waals surface area contributed by atoms with Crippen LogP contribution in [-0.2, 0) is 14.8 Å². The van der Waals surface area contributed by atoms with Crippen LogP contribution in [0.3, 0.4) is 0 Å². The molecule has 144 valence electrons. The van der Waals surface area contributed by atoms with Crippen LogP contribution in [-0.4, -0.2) is 32.9 Å². The lowest BCUT2D eigenvalue weighted by Gasteiger charge is -2.22. The molecule has 6 nitrogen and oxygen atoms in total. The maximum Gasteiger partial charge on any atom is 0.245 e. The quantitative estimate of drug-likeness (QED) is 0.647. The van der Waals surface area contributed by atoms with Crippen molar-refractivity contribution in [1.82, 2.24) is 0 Å². The number of benzene rings is 3. The Bertz CT molecular complexity index is 1150. The first kappa shape index (κ1) is 19.6. The van der Waals surface area contributed by atoms with Crippen molar-refractivity contribution in [3.63, 3.8) is 0 Å². The van der Waals surface area contributed by atoms with Gasteiger partial charge in [0.15, 0.2) is 5.78 Å². The van der Waals surface area contributed by atoms with Gasteiger partial charge in [-0.05, 0) is 30.5 Å². The zero-order valence-corrected chi connectivity index (χ0v) is 16.4. The highest BCUT2D eigenvalue weighted by Crippen LogP contribution is 2.24. The van der Waals surface area contributed by atoms with Crippen molar-refractivity contribution < 1.29 is 18.0 Å². The molecule has 0 unspecified atom stereocenters. The molecule has 0 saturated carbocycles. The van der Waals surface area contributed by atoms with Crippen molar-refractivity contribution in [2.24, 2.45) is 0 Å². The second-order valence-corrected chi connectivity index (χ2v) is 8.36. The average molecular weight is 396 g/mol. The number of nitrogens with zero attached hydrogens (tertiary/aromatic N) is 1. The van der Waals surface area contributed by atoms with Gasteiger partial charge in [0, 0.05) is 16.6 Å². The second kappa shape index (κ2) is 7.82.